The van der Waals surface area contributed by atoms with Crippen molar-refractivity contribution in [3.05, 3.63) is 56.4 Å². The zero-order chi connectivity index (χ0) is 20.5. The average molecular weight is 446 g/mol. The predicted octanol–water partition coefficient (Wildman–Crippen LogP) is 4.39. The summed E-state index contributed by atoms with van der Waals surface area (Å²) in [6.45, 7) is 3.62. The molecular formula is C19H16ClN5O2S2. The molecule has 4 aromatic rings. The number of anilines is 1. The number of amides is 1. The molecule has 0 saturated carbocycles. The summed E-state index contributed by atoms with van der Waals surface area (Å²) in [4.78, 5) is 30.9. The molecule has 0 aliphatic rings. The molecule has 10 heteroatoms. The highest BCUT2D eigenvalue weighted by Gasteiger charge is 2.21. The SMILES string of the molecule is CCc1nnc(NC(=O)C(C)n2cnc3scc(-c4ccc(Cl)cc4)c3c2=O)s1. The Bertz CT molecular complexity index is 1250. The van der Waals surface area contributed by atoms with Crippen LogP contribution in [-0.2, 0) is 11.2 Å². The Kier molecular flexibility index (Phi) is 5.44. The quantitative estimate of drug-likeness (QED) is 0.492. The summed E-state index contributed by atoms with van der Waals surface area (Å²) in [5, 5.41) is 14.9. The maximum Gasteiger partial charge on any atom is 0.263 e. The number of rotatable bonds is 5. The third-order valence-electron chi connectivity index (χ3n) is 4.47. The molecule has 0 radical (unpaired) electrons. The Morgan fingerprint density at radius 3 is 2.72 bits per heavy atom. The van der Waals surface area contributed by atoms with Gasteiger partial charge < -0.3 is 0 Å². The second-order valence-corrected chi connectivity index (χ2v) is 8.67. The van der Waals surface area contributed by atoms with Gasteiger partial charge in [-0.25, -0.2) is 4.98 Å². The molecule has 1 amide bonds. The molecule has 148 valence electrons. The number of thiophene rings is 1. The van der Waals surface area contributed by atoms with Crippen LogP contribution in [0.2, 0.25) is 5.02 Å². The van der Waals surface area contributed by atoms with Crippen molar-refractivity contribution in [2.45, 2.75) is 26.3 Å². The Morgan fingerprint density at radius 1 is 1.28 bits per heavy atom. The lowest BCUT2D eigenvalue weighted by molar-refractivity contribution is -0.118. The van der Waals surface area contributed by atoms with E-state index < -0.39 is 6.04 Å². The molecule has 0 aliphatic heterocycles. The number of hydrogen-bond acceptors (Lipinski definition) is 7. The molecule has 1 unspecified atom stereocenters. The number of aromatic nitrogens is 4. The first-order valence-electron chi connectivity index (χ1n) is 8.85. The Balaban J connectivity index is 1.69. The van der Waals surface area contributed by atoms with E-state index in [1.165, 1.54) is 33.6 Å². The van der Waals surface area contributed by atoms with Crippen LogP contribution in [0, 0.1) is 0 Å². The fourth-order valence-corrected chi connectivity index (χ4v) is 4.56. The number of carbonyl (C=O) groups excluding carboxylic acids is 1. The van der Waals surface area contributed by atoms with Crippen LogP contribution in [0.5, 0.6) is 0 Å². The van der Waals surface area contributed by atoms with Crippen LogP contribution in [0.25, 0.3) is 21.3 Å². The van der Waals surface area contributed by atoms with Crippen molar-refractivity contribution in [2.24, 2.45) is 0 Å². The normalized spacial score (nSPS) is 12.2. The summed E-state index contributed by atoms with van der Waals surface area (Å²) in [6.07, 6.45) is 2.16. The lowest BCUT2D eigenvalue weighted by Crippen LogP contribution is -2.31. The van der Waals surface area contributed by atoms with E-state index in [4.69, 9.17) is 11.6 Å². The highest BCUT2D eigenvalue weighted by molar-refractivity contribution is 7.17. The third-order valence-corrected chi connectivity index (χ3v) is 6.59. The van der Waals surface area contributed by atoms with Crippen LogP contribution in [0.3, 0.4) is 0 Å². The van der Waals surface area contributed by atoms with Crippen LogP contribution in [-0.4, -0.2) is 25.7 Å². The first-order valence-corrected chi connectivity index (χ1v) is 10.9. The van der Waals surface area contributed by atoms with Crippen LogP contribution >= 0.6 is 34.3 Å². The van der Waals surface area contributed by atoms with Gasteiger partial charge in [0.2, 0.25) is 11.0 Å². The van der Waals surface area contributed by atoms with Crippen molar-refractivity contribution in [2.75, 3.05) is 5.32 Å². The zero-order valence-corrected chi connectivity index (χ0v) is 17.9. The topological polar surface area (TPSA) is 89.8 Å². The van der Waals surface area contributed by atoms with Gasteiger partial charge >= 0.3 is 0 Å². The van der Waals surface area contributed by atoms with Gasteiger partial charge in [0.05, 0.1) is 11.7 Å². The molecule has 0 bridgehead atoms. The number of aryl methyl sites for hydroxylation is 1. The summed E-state index contributed by atoms with van der Waals surface area (Å²) in [5.74, 6) is -0.352. The Morgan fingerprint density at radius 2 is 2.03 bits per heavy atom. The van der Waals surface area contributed by atoms with Gasteiger partial charge in [-0.2, -0.15) is 0 Å². The summed E-state index contributed by atoms with van der Waals surface area (Å²) in [6, 6.07) is 6.51. The number of fused-ring (bicyclic) bond motifs is 1. The van der Waals surface area contributed by atoms with E-state index in [-0.39, 0.29) is 11.5 Å². The fourth-order valence-electron chi connectivity index (χ4n) is 2.85. The first kappa shape index (κ1) is 19.7. The number of nitrogens with zero attached hydrogens (tertiary/aromatic N) is 4. The van der Waals surface area contributed by atoms with Gasteiger partial charge in [-0.15, -0.1) is 21.5 Å². The molecule has 29 heavy (non-hydrogen) atoms. The van der Waals surface area contributed by atoms with Crippen molar-refractivity contribution < 1.29 is 4.79 Å². The van der Waals surface area contributed by atoms with E-state index in [0.717, 1.165) is 22.6 Å². The Hall–Kier alpha value is -2.62. The van der Waals surface area contributed by atoms with E-state index in [1.807, 2.05) is 24.4 Å². The number of nitrogens with one attached hydrogen (secondary N) is 1. The van der Waals surface area contributed by atoms with Crippen molar-refractivity contribution in [1.82, 2.24) is 19.7 Å². The minimum absolute atomic E-state index is 0.268. The summed E-state index contributed by atoms with van der Waals surface area (Å²) in [7, 11) is 0. The number of carbonyl (C=O) groups is 1. The van der Waals surface area contributed by atoms with Crippen molar-refractivity contribution >= 4 is 55.5 Å². The molecule has 3 heterocycles. The number of benzene rings is 1. The smallest absolute Gasteiger partial charge is 0.263 e. The second-order valence-electron chi connectivity index (χ2n) is 6.31. The lowest BCUT2D eigenvalue weighted by atomic mass is 10.1. The number of hydrogen-bond donors (Lipinski definition) is 1. The second kappa shape index (κ2) is 8.02. The maximum atomic E-state index is 13.2. The van der Waals surface area contributed by atoms with E-state index in [9.17, 15) is 9.59 Å². The van der Waals surface area contributed by atoms with Crippen molar-refractivity contribution in [3.63, 3.8) is 0 Å². The van der Waals surface area contributed by atoms with Crippen LogP contribution in [0.15, 0.2) is 40.8 Å². The molecule has 0 saturated heterocycles. The third kappa shape index (κ3) is 3.81. The predicted molar refractivity (Wildman–Crippen MR) is 117 cm³/mol. The molecular weight excluding hydrogens is 430 g/mol. The minimum Gasteiger partial charge on any atom is -0.299 e. The van der Waals surface area contributed by atoms with Crippen LogP contribution in [0.4, 0.5) is 5.13 Å². The van der Waals surface area contributed by atoms with Gasteiger partial charge in [-0.3, -0.25) is 19.5 Å². The lowest BCUT2D eigenvalue weighted by Gasteiger charge is -2.13. The molecule has 7 nitrogen and oxygen atoms in total. The van der Waals surface area contributed by atoms with E-state index in [1.54, 1.807) is 19.1 Å². The van der Waals surface area contributed by atoms with Crippen molar-refractivity contribution in [3.8, 4) is 11.1 Å². The fraction of sp³-hybridized carbons (Fsp3) is 0.211. The van der Waals surface area contributed by atoms with Crippen LogP contribution in [0.1, 0.15) is 24.9 Å². The van der Waals surface area contributed by atoms with Crippen molar-refractivity contribution in [1.29, 1.82) is 0 Å². The Labute approximate surface area is 179 Å². The maximum absolute atomic E-state index is 13.2. The van der Waals surface area contributed by atoms with Gasteiger partial charge in [-0.05, 0) is 31.0 Å². The zero-order valence-electron chi connectivity index (χ0n) is 15.5. The van der Waals surface area contributed by atoms with Gasteiger partial charge in [0.1, 0.15) is 15.9 Å². The molecule has 3 aromatic heterocycles. The van der Waals surface area contributed by atoms with Gasteiger partial charge in [-0.1, -0.05) is 42.0 Å². The summed E-state index contributed by atoms with van der Waals surface area (Å²) < 4.78 is 1.34. The van der Waals surface area contributed by atoms with E-state index in [2.05, 4.69) is 20.5 Å². The molecule has 4 rings (SSSR count). The van der Waals surface area contributed by atoms with Gasteiger partial charge in [0.15, 0.2) is 0 Å². The molecule has 0 spiro atoms. The van der Waals surface area contributed by atoms with Gasteiger partial charge in [0.25, 0.3) is 5.56 Å². The van der Waals surface area contributed by atoms with E-state index >= 15 is 0 Å². The minimum atomic E-state index is -0.758. The molecule has 1 atom stereocenters. The highest BCUT2D eigenvalue weighted by atomic mass is 35.5. The summed E-state index contributed by atoms with van der Waals surface area (Å²) >= 11 is 8.68. The summed E-state index contributed by atoms with van der Waals surface area (Å²) in [5.41, 5.74) is 1.38. The van der Waals surface area contributed by atoms with Gasteiger partial charge in [0, 0.05) is 16.0 Å². The first-order chi connectivity index (χ1) is 14.0. The number of halogens is 1. The highest BCUT2D eigenvalue weighted by Crippen LogP contribution is 2.31. The monoisotopic (exact) mass is 445 g/mol. The van der Waals surface area contributed by atoms with Crippen LogP contribution < -0.4 is 10.9 Å². The standard InChI is InChI=1S/C19H16ClN5O2S2/c1-3-14-23-24-19(29-14)22-16(26)10(2)25-9-21-17-15(18(25)27)13(8-28-17)11-4-6-12(20)7-5-11/h4-10H,3H2,1-2H3,(H,22,24,26). The molecule has 1 aromatic carbocycles. The van der Waals surface area contributed by atoms with E-state index in [0.29, 0.717) is 20.4 Å². The molecule has 1 N–H and O–H groups in total. The molecule has 0 fully saturated rings. The molecule has 0 aliphatic carbocycles. The average Bonchev–Trinajstić information content (AvgIpc) is 3.35. The largest absolute Gasteiger partial charge is 0.299 e.